The standard InChI is InChI=1S/C20H28N2O4/c1-25-18-5-3-2-4-16(18)6-7-19(23)21-10-8-17(9-11-21)20(24)22-12-14-26-15-13-22/h2-5,17H,6-15H2,1H3. The Morgan fingerprint density at radius 1 is 1.08 bits per heavy atom. The molecule has 0 unspecified atom stereocenters. The molecule has 2 aliphatic rings. The zero-order chi connectivity index (χ0) is 18.4. The molecule has 0 radical (unpaired) electrons. The summed E-state index contributed by atoms with van der Waals surface area (Å²) in [7, 11) is 1.65. The lowest BCUT2D eigenvalue weighted by molar-refractivity contribution is -0.143. The molecule has 1 aromatic carbocycles. The number of likely N-dealkylation sites (tertiary alicyclic amines) is 1. The third kappa shape index (κ3) is 4.55. The van der Waals surface area contributed by atoms with E-state index < -0.39 is 0 Å². The molecular formula is C20H28N2O4. The fourth-order valence-electron chi connectivity index (χ4n) is 3.73. The molecule has 6 nitrogen and oxygen atoms in total. The summed E-state index contributed by atoms with van der Waals surface area (Å²) >= 11 is 0. The second-order valence-electron chi connectivity index (χ2n) is 6.90. The quantitative estimate of drug-likeness (QED) is 0.802. The molecule has 2 aliphatic heterocycles. The van der Waals surface area contributed by atoms with Crippen molar-refractivity contribution in [2.24, 2.45) is 5.92 Å². The maximum atomic E-state index is 12.6. The topological polar surface area (TPSA) is 59.1 Å². The number of piperidine rings is 1. The molecule has 0 N–H and O–H groups in total. The van der Waals surface area contributed by atoms with Crippen LogP contribution in [0.4, 0.5) is 0 Å². The number of carbonyl (C=O) groups is 2. The number of nitrogens with zero attached hydrogens (tertiary/aromatic N) is 2. The molecule has 2 amide bonds. The SMILES string of the molecule is COc1ccccc1CCC(=O)N1CCC(C(=O)N2CCOCC2)CC1. The maximum absolute atomic E-state index is 12.6. The molecule has 2 fully saturated rings. The fraction of sp³-hybridized carbons (Fsp3) is 0.600. The first-order valence-electron chi connectivity index (χ1n) is 9.45. The van der Waals surface area contributed by atoms with Crippen LogP contribution in [0, 0.1) is 5.92 Å². The van der Waals surface area contributed by atoms with Crippen LogP contribution in [0.1, 0.15) is 24.8 Å². The molecule has 142 valence electrons. The van der Waals surface area contributed by atoms with E-state index in [4.69, 9.17) is 9.47 Å². The number of morpholine rings is 1. The van der Waals surface area contributed by atoms with Crippen LogP contribution in [0.2, 0.25) is 0 Å². The summed E-state index contributed by atoms with van der Waals surface area (Å²) in [5.74, 6) is 1.27. The van der Waals surface area contributed by atoms with Gasteiger partial charge in [0, 0.05) is 38.5 Å². The number of hydrogen-bond donors (Lipinski definition) is 0. The Morgan fingerprint density at radius 2 is 1.77 bits per heavy atom. The van der Waals surface area contributed by atoms with Gasteiger partial charge in [0.15, 0.2) is 0 Å². The third-order valence-electron chi connectivity index (χ3n) is 5.32. The molecule has 3 rings (SSSR count). The first kappa shape index (κ1) is 18.7. The normalized spacial score (nSPS) is 18.7. The zero-order valence-corrected chi connectivity index (χ0v) is 15.5. The van der Waals surface area contributed by atoms with E-state index in [2.05, 4.69) is 0 Å². The van der Waals surface area contributed by atoms with Crippen molar-refractivity contribution in [2.45, 2.75) is 25.7 Å². The van der Waals surface area contributed by atoms with Gasteiger partial charge in [0.1, 0.15) is 5.75 Å². The summed E-state index contributed by atoms with van der Waals surface area (Å²) in [6, 6.07) is 7.81. The Hall–Kier alpha value is -2.08. The van der Waals surface area contributed by atoms with Crippen LogP contribution in [0.15, 0.2) is 24.3 Å². The van der Waals surface area contributed by atoms with Gasteiger partial charge in [-0.25, -0.2) is 0 Å². The zero-order valence-electron chi connectivity index (χ0n) is 15.5. The average molecular weight is 360 g/mol. The van der Waals surface area contributed by atoms with Gasteiger partial charge in [0.2, 0.25) is 11.8 Å². The van der Waals surface area contributed by atoms with Gasteiger partial charge in [-0.3, -0.25) is 9.59 Å². The largest absolute Gasteiger partial charge is 0.496 e. The number of rotatable bonds is 5. The van der Waals surface area contributed by atoms with Crippen LogP contribution in [0.25, 0.3) is 0 Å². The maximum Gasteiger partial charge on any atom is 0.225 e. The van der Waals surface area contributed by atoms with Crippen molar-refractivity contribution in [3.63, 3.8) is 0 Å². The second kappa shape index (κ2) is 9.03. The molecule has 0 atom stereocenters. The van der Waals surface area contributed by atoms with Gasteiger partial charge in [-0.15, -0.1) is 0 Å². The van der Waals surface area contributed by atoms with E-state index in [9.17, 15) is 9.59 Å². The number of para-hydroxylation sites is 1. The summed E-state index contributed by atoms with van der Waals surface area (Å²) in [6.07, 6.45) is 2.67. The number of ether oxygens (including phenoxy) is 2. The Morgan fingerprint density at radius 3 is 2.46 bits per heavy atom. The number of amides is 2. The fourth-order valence-corrected chi connectivity index (χ4v) is 3.73. The predicted octanol–water partition coefficient (Wildman–Crippen LogP) is 1.73. The van der Waals surface area contributed by atoms with E-state index in [0.717, 1.165) is 24.2 Å². The van der Waals surface area contributed by atoms with Gasteiger partial charge in [-0.2, -0.15) is 0 Å². The first-order chi connectivity index (χ1) is 12.7. The molecule has 26 heavy (non-hydrogen) atoms. The number of benzene rings is 1. The monoisotopic (exact) mass is 360 g/mol. The summed E-state index contributed by atoms with van der Waals surface area (Å²) in [5, 5.41) is 0. The van der Waals surface area contributed by atoms with Crippen LogP contribution in [-0.2, 0) is 20.7 Å². The van der Waals surface area contributed by atoms with Gasteiger partial charge >= 0.3 is 0 Å². The minimum atomic E-state index is 0.0476. The van der Waals surface area contributed by atoms with E-state index in [1.54, 1.807) is 7.11 Å². The second-order valence-corrected chi connectivity index (χ2v) is 6.90. The molecule has 6 heteroatoms. The minimum absolute atomic E-state index is 0.0476. The highest BCUT2D eigenvalue weighted by Gasteiger charge is 2.30. The van der Waals surface area contributed by atoms with Gasteiger partial charge in [0.05, 0.1) is 20.3 Å². The van der Waals surface area contributed by atoms with Crippen molar-refractivity contribution in [2.75, 3.05) is 46.5 Å². The molecule has 0 aromatic heterocycles. The summed E-state index contributed by atoms with van der Waals surface area (Å²) in [4.78, 5) is 28.9. The van der Waals surface area contributed by atoms with Crippen molar-refractivity contribution in [1.29, 1.82) is 0 Å². The summed E-state index contributed by atoms with van der Waals surface area (Å²) in [6.45, 7) is 3.99. The van der Waals surface area contributed by atoms with Gasteiger partial charge in [-0.05, 0) is 30.9 Å². The lowest BCUT2D eigenvalue weighted by Gasteiger charge is -2.35. The van der Waals surface area contributed by atoms with Crippen LogP contribution >= 0.6 is 0 Å². The smallest absolute Gasteiger partial charge is 0.225 e. The highest BCUT2D eigenvalue weighted by molar-refractivity contribution is 5.80. The molecular weight excluding hydrogens is 332 g/mol. The van der Waals surface area contributed by atoms with E-state index >= 15 is 0 Å². The van der Waals surface area contributed by atoms with Crippen LogP contribution in [0.3, 0.4) is 0 Å². The van der Waals surface area contributed by atoms with Crippen molar-refractivity contribution in [3.8, 4) is 5.75 Å². The average Bonchev–Trinajstić information content (AvgIpc) is 2.72. The van der Waals surface area contributed by atoms with Crippen molar-refractivity contribution in [3.05, 3.63) is 29.8 Å². The Kier molecular flexibility index (Phi) is 6.50. The van der Waals surface area contributed by atoms with Crippen LogP contribution in [-0.4, -0.2) is 68.1 Å². The predicted molar refractivity (Wildman–Crippen MR) is 98.0 cm³/mol. The Labute approximate surface area is 155 Å². The molecule has 2 saturated heterocycles. The van der Waals surface area contributed by atoms with E-state index in [-0.39, 0.29) is 17.7 Å². The molecule has 0 spiro atoms. The third-order valence-corrected chi connectivity index (χ3v) is 5.32. The summed E-state index contributed by atoms with van der Waals surface area (Å²) in [5.41, 5.74) is 1.06. The summed E-state index contributed by atoms with van der Waals surface area (Å²) < 4.78 is 10.7. The number of carbonyl (C=O) groups excluding carboxylic acids is 2. The molecule has 1 aromatic rings. The van der Waals surface area contributed by atoms with Crippen molar-refractivity contribution < 1.29 is 19.1 Å². The minimum Gasteiger partial charge on any atom is -0.496 e. The van der Waals surface area contributed by atoms with Crippen molar-refractivity contribution >= 4 is 11.8 Å². The van der Waals surface area contributed by atoms with E-state index in [0.29, 0.717) is 52.2 Å². The Bertz CT molecular complexity index is 620. The van der Waals surface area contributed by atoms with Gasteiger partial charge in [0.25, 0.3) is 0 Å². The highest BCUT2D eigenvalue weighted by Crippen LogP contribution is 2.23. The van der Waals surface area contributed by atoms with Gasteiger partial charge in [-0.1, -0.05) is 18.2 Å². The number of aryl methyl sites for hydroxylation is 1. The van der Waals surface area contributed by atoms with E-state index in [1.165, 1.54) is 0 Å². The molecule has 0 aliphatic carbocycles. The first-order valence-corrected chi connectivity index (χ1v) is 9.45. The highest BCUT2D eigenvalue weighted by atomic mass is 16.5. The van der Waals surface area contributed by atoms with E-state index in [1.807, 2.05) is 34.1 Å². The molecule has 0 bridgehead atoms. The lowest BCUT2D eigenvalue weighted by atomic mass is 9.94. The van der Waals surface area contributed by atoms with Gasteiger partial charge < -0.3 is 19.3 Å². The molecule has 0 saturated carbocycles. The number of methoxy groups -OCH3 is 1. The van der Waals surface area contributed by atoms with Crippen LogP contribution < -0.4 is 4.74 Å². The molecule has 2 heterocycles. The Balaban J connectivity index is 1.45. The lowest BCUT2D eigenvalue weighted by Crippen LogP contribution is -2.47. The number of hydrogen-bond acceptors (Lipinski definition) is 4. The van der Waals surface area contributed by atoms with Crippen LogP contribution in [0.5, 0.6) is 5.75 Å². The van der Waals surface area contributed by atoms with Crippen molar-refractivity contribution in [1.82, 2.24) is 9.80 Å².